The molecule has 0 saturated carbocycles. The Labute approximate surface area is 245 Å². The van der Waals surface area contributed by atoms with Gasteiger partial charge in [-0.2, -0.15) is 16.8 Å². The standard InChI is InChI=1S/C21H25N3.C10H8O6S2/c1-15-4-7-20-18(12-15)19-14-23(3)10-9-21(19)24(20)11-8-17-6-5-16(2)22-13-17;11-17(12,13)9-5-1-3-7-8(9)4-2-6-10(7)18(14,15)16/h4-7,12-13H,8-11,14H2,1-3H3;1-6H,(H,11,12,13)(H,14,15,16). The van der Waals surface area contributed by atoms with Crippen molar-refractivity contribution < 1.29 is 25.9 Å². The minimum atomic E-state index is -4.47. The van der Waals surface area contributed by atoms with E-state index >= 15 is 0 Å². The van der Waals surface area contributed by atoms with Crippen molar-refractivity contribution >= 4 is 41.9 Å². The summed E-state index contributed by atoms with van der Waals surface area (Å²) in [6.45, 7) is 7.47. The Bertz CT molecular complexity index is 1930. The smallest absolute Gasteiger partial charge is 0.295 e. The summed E-state index contributed by atoms with van der Waals surface area (Å²) in [5.74, 6) is 0. The molecule has 0 radical (unpaired) electrons. The monoisotopic (exact) mass is 607 g/mol. The van der Waals surface area contributed by atoms with Crippen molar-refractivity contribution in [2.45, 2.75) is 49.6 Å². The normalized spacial score (nSPS) is 14.0. The number of rotatable bonds is 5. The summed E-state index contributed by atoms with van der Waals surface area (Å²) in [5, 5.41) is 1.49. The van der Waals surface area contributed by atoms with Crippen LogP contribution in [0.15, 0.2) is 82.7 Å². The fourth-order valence-corrected chi connectivity index (χ4v) is 6.96. The molecule has 0 atom stereocenters. The molecule has 11 heteroatoms. The molecule has 0 spiro atoms. The molecule has 0 bridgehead atoms. The highest BCUT2D eigenvalue weighted by molar-refractivity contribution is 7.86. The molecule has 0 unspecified atom stereocenters. The molecule has 5 aromatic rings. The highest BCUT2D eigenvalue weighted by Gasteiger charge is 2.22. The molecule has 2 aromatic heterocycles. The summed E-state index contributed by atoms with van der Waals surface area (Å²) in [5.41, 5.74) is 8.20. The molecule has 1 aliphatic rings. The summed E-state index contributed by atoms with van der Waals surface area (Å²) >= 11 is 0. The molecule has 6 rings (SSSR count). The summed E-state index contributed by atoms with van der Waals surface area (Å²) in [7, 11) is -6.71. The minimum absolute atomic E-state index is 0.0233. The first-order chi connectivity index (χ1) is 19.8. The van der Waals surface area contributed by atoms with Crippen LogP contribution in [-0.2, 0) is 46.2 Å². The van der Waals surface area contributed by atoms with Gasteiger partial charge in [0.1, 0.15) is 9.79 Å². The van der Waals surface area contributed by atoms with Crippen molar-refractivity contribution in [2.24, 2.45) is 0 Å². The number of fused-ring (bicyclic) bond motifs is 4. The molecule has 0 amide bonds. The third-order valence-electron chi connectivity index (χ3n) is 7.60. The molecular formula is C31H33N3O6S2. The maximum absolute atomic E-state index is 11.2. The van der Waals surface area contributed by atoms with Crippen molar-refractivity contribution in [3.05, 3.63) is 101 Å². The largest absolute Gasteiger partial charge is 0.344 e. The molecule has 0 saturated heterocycles. The lowest BCUT2D eigenvalue weighted by atomic mass is 10.0. The maximum atomic E-state index is 11.2. The molecule has 42 heavy (non-hydrogen) atoms. The Morgan fingerprint density at radius 2 is 1.48 bits per heavy atom. The van der Waals surface area contributed by atoms with Gasteiger partial charge in [0.25, 0.3) is 20.2 Å². The molecule has 3 heterocycles. The van der Waals surface area contributed by atoms with Crippen molar-refractivity contribution in [3.8, 4) is 0 Å². The Morgan fingerprint density at radius 1 is 0.833 bits per heavy atom. The van der Waals surface area contributed by atoms with E-state index in [0.29, 0.717) is 0 Å². The van der Waals surface area contributed by atoms with Crippen molar-refractivity contribution in [1.82, 2.24) is 14.5 Å². The number of aryl methyl sites for hydroxylation is 4. The van der Waals surface area contributed by atoms with E-state index in [1.165, 1.54) is 57.6 Å². The summed E-state index contributed by atoms with van der Waals surface area (Å²) in [6.07, 6.45) is 4.20. The highest BCUT2D eigenvalue weighted by atomic mass is 32.2. The zero-order valence-electron chi connectivity index (χ0n) is 23.6. The van der Waals surface area contributed by atoms with E-state index in [9.17, 15) is 16.8 Å². The molecule has 220 valence electrons. The second-order valence-corrected chi connectivity index (χ2v) is 13.5. The van der Waals surface area contributed by atoms with Crippen LogP contribution in [0.2, 0.25) is 0 Å². The van der Waals surface area contributed by atoms with Gasteiger partial charge < -0.3 is 9.47 Å². The maximum Gasteiger partial charge on any atom is 0.295 e. The van der Waals surface area contributed by atoms with Gasteiger partial charge in [0.15, 0.2) is 0 Å². The van der Waals surface area contributed by atoms with Crippen molar-refractivity contribution in [3.63, 3.8) is 0 Å². The SMILES string of the molecule is Cc1ccc2c(c1)c1c(n2CCc2ccc(C)nc2)CCN(C)C1.O=S(=O)(O)c1cccc2c(S(=O)(=O)O)cccc12. The molecule has 0 aliphatic carbocycles. The van der Waals surface area contributed by atoms with Gasteiger partial charge in [0.05, 0.1) is 0 Å². The predicted octanol–water partition coefficient (Wildman–Crippen LogP) is 5.22. The van der Waals surface area contributed by atoms with E-state index in [0.717, 1.165) is 50.3 Å². The number of nitrogens with zero attached hydrogens (tertiary/aromatic N) is 3. The van der Waals surface area contributed by atoms with Gasteiger partial charge in [-0.15, -0.1) is 0 Å². The first-order valence-corrected chi connectivity index (χ1v) is 16.4. The van der Waals surface area contributed by atoms with Crippen LogP contribution >= 0.6 is 0 Å². The molecule has 2 N–H and O–H groups in total. The predicted molar refractivity (Wildman–Crippen MR) is 163 cm³/mol. The number of benzene rings is 3. The lowest BCUT2D eigenvalue weighted by Gasteiger charge is -2.24. The topological polar surface area (TPSA) is 130 Å². The third-order valence-corrected chi connectivity index (χ3v) is 9.42. The van der Waals surface area contributed by atoms with Gasteiger partial charge in [-0.1, -0.05) is 42.0 Å². The third kappa shape index (κ3) is 6.25. The fraction of sp³-hybridized carbons (Fsp3) is 0.258. The average Bonchev–Trinajstić information content (AvgIpc) is 3.23. The van der Waals surface area contributed by atoms with Gasteiger partial charge in [-0.3, -0.25) is 14.1 Å². The van der Waals surface area contributed by atoms with Crippen LogP contribution in [0.1, 0.15) is 28.1 Å². The van der Waals surface area contributed by atoms with E-state index in [-0.39, 0.29) is 10.8 Å². The second kappa shape index (κ2) is 11.6. The van der Waals surface area contributed by atoms with Crippen molar-refractivity contribution in [2.75, 3.05) is 13.6 Å². The average molecular weight is 608 g/mol. The van der Waals surface area contributed by atoms with Crippen molar-refractivity contribution in [1.29, 1.82) is 0 Å². The van der Waals surface area contributed by atoms with Crippen LogP contribution in [0.3, 0.4) is 0 Å². The van der Waals surface area contributed by atoms with E-state index in [2.05, 4.69) is 58.8 Å². The van der Waals surface area contributed by atoms with Crippen LogP contribution in [0.4, 0.5) is 0 Å². The summed E-state index contributed by atoms with van der Waals surface area (Å²) in [4.78, 5) is 6.04. The van der Waals surface area contributed by atoms with Crippen LogP contribution in [0.5, 0.6) is 0 Å². The molecule has 3 aromatic carbocycles. The Hall–Kier alpha value is -3.61. The fourth-order valence-electron chi connectivity index (χ4n) is 5.54. The quantitative estimate of drug-likeness (QED) is 0.260. The van der Waals surface area contributed by atoms with Gasteiger partial charge in [-0.25, -0.2) is 0 Å². The number of hydrogen-bond donors (Lipinski definition) is 2. The van der Waals surface area contributed by atoms with E-state index in [1.807, 2.05) is 13.1 Å². The molecule has 1 aliphatic heterocycles. The Balaban J connectivity index is 0.000000176. The van der Waals surface area contributed by atoms with Gasteiger partial charge in [0, 0.05) is 65.3 Å². The first kappa shape index (κ1) is 29.9. The molecule has 9 nitrogen and oxygen atoms in total. The van der Waals surface area contributed by atoms with Crippen LogP contribution in [0, 0.1) is 13.8 Å². The van der Waals surface area contributed by atoms with Crippen LogP contribution < -0.4 is 0 Å². The van der Waals surface area contributed by atoms with E-state index in [1.54, 1.807) is 0 Å². The number of pyridine rings is 1. The van der Waals surface area contributed by atoms with Gasteiger partial charge in [0.2, 0.25) is 0 Å². The Morgan fingerprint density at radius 3 is 2.05 bits per heavy atom. The Kier molecular flexibility index (Phi) is 8.23. The zero-order chi connectivity index (χ0) is 30.2. The second-order valence-electron chi connectivity index (χ2n) is 10.7. The lowest BCUT2D eigenvalue weighted by Crippen LogP contribution is -2.27. The highest BCUT2D eigenvalue weighted by Crippen LogP contribution is 2.32. The van der Waals surface area contributed by atoms with Crippen LogP contribution in [-0.4, -0.2) is 54.0 Å². The first-order valence-electron chi connectivity index (χ1n) is 13.5. The minimum Gasteiger partial charge on any atom is -0.344 e. The zero-order valence-corrected chi connectivity index (χ0v) is 25.3. The lowest BCUT2D eigenvalue weighted by molar-refractivity contribution is 0.309. The molecular weight excluding hydrogens is 574 g/mol. The summed E-state index contributed by atoms with van der Waals surface area (Å²) in [6, 6.07) is 18.7. The summed E-state index contributed by atoms with van der Waals surface area (Å²) < 4.78 is 65.2. The van der Waals surface area contributed by atoms with E-state index in [4.69, 9.17) is 9.11 Å². The molecule has 0 fully saturated rings. The van der Waals surface area contributed by atoms with Crippen LogP contribution in [0.25, 0.3) is 21.7 Å². The van der Waals surface area contributed by atoms with E-state index < -0.39 is 30.0 Å². The number of likely N-dealkylation sites (N-methyl/N-ethyl adjacent to an activating group) is 1. The number of aromatic nitrogens is 2. The van der Waals surface area contributed by atoms with Gasteiger partial charge >= 0.3 is 0 Å². The number of hydrogen-bond acceptors (Lipinski definition) is 6. The van der Waals surface area contributed by atoms with Gasteiger partial charge in [-0.05, 0) is 68.8 Å².